The van der Waals surface area contributed by atoms with Gasteiger partial charge in [0.25, 0.3) is 0 Å². The molecule has 0 fully saturated rings. The molecular weight excluding hydrogens is 259 g/mol. The van der Waals surface area contributed by atoms with E-state index in [1.54, 1.807) is 30.3 Å². The van der Waals surface area contributed by atoms with Gasteiger partial charge in [0.2, 0.25) is 0 Å². The van der Waals surface area contributed by atoms with Gasteiger partial charge >= 0.3 is 0 Å². The van der Waals surface area contributed by atoms with Crippen molar-refractivity contribution in [2.45, 2.75) is 11.5 Å². The van der Waals surface area contributed by atoms with Crippen molar-refractivity contribution in [2.75, 3.05) is 0 Å². The third-order valence-electron chi connectivity index (χ3n) is 2.50. The minimum absolute atomic E-state index is 0.106. The number of aliphatic hydroxyl groups is 1. The average molecular weight is 269 g/mol. The molecule has 17 heavy (non-hydrogen) atoms. The number of carbonyl (C=O) groups is 1. The molecule has 88 valence electrons. The number of rotatable bonds is 2. The fraction of sp³-hybridized carbons (Fsp3) is 0.154. The summed E-state index contributed by atoms with van der Waals surface area (Å²) in [6.45, 7) is 0. The highest BCUT2D eigenvalue weighted by atomic mass is 35.5. The Hall–Kier alpha value is -1.09. The minimum atomic E-state index is -1.37. The first-order chi connectivity index (χ1) is 7.98. The van der Waals surface area contributed by atoms with Crippen molar-refractivity contribution in [1.29, 1.82) is 0 Å². The van der Waals surface area contributed by atoms with E-state index in [1.807, 2.05) is 0 Å². The van der Waals surface area contributed by atoms with Crippen LogP contribution in [0.4, 0.5) is 0 Å². The number of benzene rings is 1. The van der Waals surface area contributed by atoms with E-state index < -0.39 is 5.06 Å². The third kappa shape index (κ3) is 2.97. The summed E-state index contributed by atoms with van der Waals surface area (Å²) in [5.41, 5.74) is 1.09. The smallest absolute Gasteiger partial charge is 0.192 e. The molecule has 1 aliphatic rings. The summed E-state index contributed by atoms with van der Waals surface area (Å²) < 4.78 is 0. The van der Waals surface area contributed by atoms with Crippen molar-refractivity contribution in [3.05, 3.63) is 58.7 Å². The summed E-state index contributed by atoms with van der Waals surface area (Å²) in [7, 11) is 0. The maximum Gasteiger partial charge on any atom is 0.192 e. The molecule has 0 bridgehead atoms. The lowest BCUT2D eigenvalue weighted by Crippen LogP contribution is -2.19. The number of hydrogen-bond donors (Lipinski definition) is 1. The van der Waals surface area contributed by atoms with E-state index in [1.165, 1.54) is 12.2 Å². The van der Waals surface area contributed by atoms with Crippen molar-refractivity contribution in [1.82, 2.24) is 0 Å². The fourth-order valence-electron chi connectivity index (χ4n) is 1.54. The predicted molar refractivity (Wildman–Crippen MR) is 68.4 cm³/mol. The molecule has 1 N–H and O–H groups in total. The second-order valence-corrected chi connectivity index (χ2v) is 4.94. The van der Waals surface area contributed by atoms with Gasteiger partial charge in [0.1, 0.15) is 0 Å². The first-order valence-corrected chi connectivity index (χ1v) is 5.84. The zero-order valence-corrected chi connectivity index (χ0v) is 10.4. The van der Waals surface area contributed by atoms with Crippen LogP contribution in [0.2, 0.25) is 5.02 Å². The Morgan fingerprint density at radius 2 is 1.94 bits per heavy atom. The van der Waals surface area contributed by atoms with Crippen LogP contribution in [0.3, 0.4) is 0 Å². The van der Waals surface area contributed by atoms with Crippen LogP contribution in [0.5, 0.6) is 0 Å². The lowest BCUT2D eigenvalue weighted by atomic mass is 9.97. The van der Waals surface area contributed by atoms with Crippen molar-refractivity contribution >= 4 is 29.0 Å². The molecule has 0 radical (unpaired) electrons. The Morgan fingerprint density at radius 1 is 1.29 bits per heavy atom. The van der Waals surface area contributed by atoms with Crippen LogP contribution in [0.15, 0.2) is 48.1 Å². The van der Waals surface area contributed by atoms with Crippen LogP contribution < -0.4 is 0 Å². The molecule has 0 amide bonds. The van der Waals surface area contributed by atoms with Crippen molar-refractivity contribution in [3.63, 3.8) is 0 Å². The van der Waals surface area contributed by atoms with Crippen molar-refractivity contribution < 1.29 is 9.90 Å². The predicted octanol–water partition coefficient (Wildman–Crippen LogP) is 3.34. The number of hydrogen-bond acceptors (Lipinski definition) is 2. The lowest BCUT2D eigenvalue weighted by Gasteiger charge is -2.18. The number of ketones is 1. The molecular formula is C13H10Cl2O2. The molecule has 0 aromatic heterocycles. The van der Waals surface area contributed by atoms with Gasteiger partial charge in [0.05, 0.1) is 0 Å². The van der Waals surface area contributed by atoms with Gasteiger partial charge in [-0.1, -0.05) is 35.4 Å². The topological polar surface area (TPSA) is 37.3 Å². The minimum Gasteiger partial charge on any atom is -0.371 e. The highest BCUT2D eigenvalue weighted by Gasteiger charge is 2.23. The molecule has 1 atom stereocenters. The molecule has 1 aromatic rings. The Morgan fingerprint density at radius 3 is 2.47 bits per heavy atom. The van der Waals surface area contributed by atoms with Gasteiger partial charge in [0.15, 0.2) is 10.8 Å². The van der Waals surface area contributed by atoms with E-state index in [0.29, 0.717) is 16.2 Å². The van der Waals surface area contributed by atoms with E-state index in [0.717, 1.165) is 0 Å². The van der Waals surface area contributed by atoms with E-state index in [-0.39, 0.29) is 12.2 Å². The average Bonchev–Trinajstić information content (AvgIpc) is 2.29. The molecule has 1 aromatic carbocycles. The maximum absolute atomic E-state index is 12.0. The molecule has 2 rings (SSSR count). The van der Waals surface area contributed by atoms with Gasteiger partial charge in [-0.3, -0.25) is 4.79 Å². The van der Waals surface area contributed by atoms with E-state index >= 15 is 0 Å². The summed E-state index contributed by atoms with van der Waals surface area (Å²) in [6, 6.07) is 6.67. The molecule has 0 aliphatic heterocycles. The van der Waals surface area contributed by atoms with Crippen LogP contribution in [-0.2, 0) is 0 Å². The second-order valence-electron chi connectivity index (χ2n) is 3.85. The van der Waals surface area contributed by atoms with Gasteiger partial charge < -0.3 is 5.11 Å². The Labute approximate surface area is 109 Å². The Kier molecular flexibility index (Phi) is 3.38. The Bertz CT molecular complexity index is 499. The van der Waals surface area contributed by atoms with Crippen LogP contribution in [0, 0.1) is 0 Å². The second kappa shape index (κ2) is 4.65. The number of carbonyl (C=O) groups excluding carboxylic acids is 1. The van der Waals surface area contributed by atoms with Gasteiger partial charge in [-0.2, -0.15) is 0 Å². The molecule has 2 nitrogen and oxygen atoms in total. The molecule has 1 unspecified atom stereocenters. The number of Topliss-reactive ketones (excluding diaryl/α,β-unsaturated/α-hetero) is 1. The molecule has 4 heteroatoms. The van der Waals surface area contributed by atoms with E-state index in [2.05, 4.69) is 0 Å². The normalized spacial score (nSPS) is 23.4. The van der Waals surface area contributed by atoms with Gasteiger partial charge in [-0.25, -0.2) is 0 Å². The van der Waals surface area contributed by atoms with Crippen LogP contribution in [0.1, 0.15) is 16.8 Å². The van der Waals surface area contributed by atoms with Gasteiger partial charge in [-0.05, 0) is 30.3 Å². The van der Waals surface area contributed by atoms with Crippen LogP contribution >= 0.6 is 23.2 Å². The number of alkyl halides is 1. The zero-order chi connectivity index (χ0) is 12.5. The highest BCUT2D eigenvalue weighted by molar-refractivity contribution is 6.30. The van der Waals surface area contributed by atoms with E-state index in [4.69, 9.17) is 23.2 Å². The number of halogens is 2. The summed E-state index contributed by atoms with van der Waals surface area (Å²) in [5.74, 6) is -0.106. The first kappa shape index (κ1) is 12.4. The van der Waals surface area contributed by atoms with Gasteiger partial charge in [0, 0.05) is 22.6 Å². The highest BCUT2D eigenvalue weighted by Crippen LogP contribution is 2.26. The number of allylic oxidation sites excluding steroid dienone is 2. The molecule has 0 saturated heterocycles. The standard InChI is InChI=1S/C13H10Cl2O2/c14-11-3-1-9(2-4-11)12(16)10-5-7-13(15,17)8-6-10/h1-7,17H,8H2. The van der Waals surface area contributed by atoms with Crippen LogP contribution in [0.25, 0.3) is 0 Å². The largest absolute Gasteiger partial charge is 0.371 e. The molecule has 0 saturated carbocycles. The lowest BCUT2D eigenvalue weighted by molar-refractivity contribution is 0.103. The zero-order valence-electron chi connectivity index (χ0n) is 8.86. The molecule has 0 spiro atoms. The van der Waals surface area contributed by atoms with Crippen molar-refractivity contribution in [2.24, 2.45) is 0 Å². The maximum atomic E-state index is 12.0. The fourth-order valence-corrected chi connectivity index (χ4v) is 1.81. The van der Waals surface area contributed by atoms with E-state index in [9.17, 15) is 9.90 Å². The quantitative estimate of drug-likeness (QED) is 0.660. The molecule has 0 heterocycles. The summed E-state index contributed by atoms with van der Waals surface area (Å²) in [4.78, 5) is 12.0. The Balaban J connectivity index is 2.20. The van der Waals surface area contributed by atoms with Crippen molar-refractivity contribution in [3.8, 4) is 0 Å². The van der Waals surface area contributed by atoms with Crippen LogP contribution in [-0.4, -0.2) is 16.0 Å². The first-order valence-electron chi connectivity index (χ1n) is 5.09. The van der Waals surface area contributed by atoms with Gasteiger partial charge in [-0.15, -0.1) is 0 Å². The summed E-state index contributed by atoms with van der Waals surface area (Å²) in [6.07, 6.45) is 4.80. The SMILES string of the molecule is O=C(C1=CCC(O)(Cl)C=C1)c1ccc(Cl)cc1. The third-order valence-corrected chi connectivity index (χ3v) is 3.03. The monoisotopic (exact) mass is 268 g/mol. The summed E-state index contributed by atoms with van der Waals surface area (Å²) in [5, 5.41) is 8.70. The summed E-state index contributed by atoms with van der Waals surface area (Å²) >= 11 is 11.5. The molecule has 1 aliphatic carbocycles.